The van der Waals surface area contributed by atoms with Gasteiger partial charge in [0.05, 0.1) is 11.8 Å². The first-order chi connectivity index (χ1) is 8.69. The molecule has 5 nitrogen and oxygen atoms in total. The van der Waals surface area contributed by atoms with E-state index < -0.39 is 0 Å². The molecule has 0 saturated carbocycles. The summed E-state index contributed by atoms with van der Waals surface area (Å²) in [5.41, 5.74) is 0.899. The van der Waals surface area contributed by atoms with Crippen LogP contribution in [-0.4, -0.2) is 23.2 Å². The van der Waals surface area contributed by atoms with Crippen molar-refractivity contribution in [2.24, 2.45) is 0 Å². The van der Waals surface area contributed by atoms with E-state index in [1.165, 1.54) is 0 Å². The molecule has 0 radical (unpaired) electrons. The number of aromatic nitrogens is 2. The molecule has 0 aliphatic carbocycles. The lowest BCUT2D eigenvalue weighted by Crippen LogP contribution is -2.37. The van der Waals surface area contributed by atoms with Gasteiger partial charge in [0.1, 0.15) is 5.76 Å². The Morgan fingerprint density at radius 3 is 2.78 bits per heavy atom. The van der Waals surface area contributed by atoms with Gasteiger partial charge in [-0.1, -0.05) is 12.1 Å². The lowest BCUT2D eigenvalue weighted by Gasteiger charge is -2.30. The third kappa shape index (κ3) is 1.84. The second kappa shape index (κ2) is 4.24. The molecule has 2 aromatic heterocycles. The molecule has 18 heavy (non-hydrogen) atoms. The summed E-state index contributed by atoms with van der Waals surface area (Å²) in [6.45, 7) is 6.09. The van der Waals surface area contributed by atoms with Crippen molar-refractivity contribution in [3.8, 4) is 11.4 Å². The van der Waals surface area contributed by atoms with Gasteiger partial charge < -0.3 is 14.3 Å². The van der Waals surface area contributed by atoms with E-state index in [-0.39, 0.29) is 5.41 Å². The molecule has 1 fully saturated rings. The monoisotopic (exact) mass is 247 g/mol. The van der Waals surface area contributed by atoms with Crippen molar-refractivity contribution in [3.05, 3.63) is 24.0 Å². The number of hydrogen-bond donors (Lipinski definition) is 1. The van der Waals surface area contributed by atoms with Crippen LogP contribution in [0.3, 0.4) is 0 Å². The van der Waals surface area contributed by atoms with Gasteiger partial charge in [-0.05, 0) is 38.9 Å². The van der Waals surface area contributed by atoms with Gasteiger partial charge in [-0.2, -0.15) is 4.98 Å². The van der Waals surface area contributed by atoms with Gasteiger partial charge in [0.2, 0.25) is 11.7 Å². The number of nitrogens with one attached hydrogen (secondary N) is 1. The van der Waals surface area contributed by atoms with Crippen LogP contribution in [0.4, 0.5) is 0 Å². The van der Waals surface area contributed by atoms with Gasteiger partial charge in [-0.15, -0.1) is 0 Å². The predicted octanol–water partition coefficient (Wildman–Crippen LogP) is 2.28. The predicted molar refractivity (Wildman–Crippen MR) is 66.2 cm³/mol. The third-order valence-corrected chi connectivity index (χ3v) is 3.75. The van der Waals surface area contributed by atoms with Crippen LogP contribution in [0.1, 0.15) is 31.4 Å². The fraction of sp³-hybridized carbons (Fsp3) is 0.538. The van der Waals surface area contributed by atoms with E-state index in [9.17, 15) is 0 Å². The van der Waals surface area contributed by atoms with E-state index in [2.05, 4.69) is 22.4 Å². The standard InChI is InChI=1S/C13H17N3O2/c1-9-10(3-8-17-9)11-15-12(18-16-11)13(2)4-6-14-7-5-13/h3,8,14H,4-7H2,1-2H3. The van der Waals surface area contributed by atoms with Crippen molar-refractivity contribution in [2.45, 2.75) is 32.1 Å². The highest BCUT2D eigenvalue weighted by Gasteiger charge is 2.34. The average Bonchev–Trinajstić information content (AvgIpc) is 2.98. The zero-order valence-electron chi connectivity index (χ0n) is 10.7. The maximum Gasteiger partial charge on any atom is 0.232 e. The van der Waals surface area contributed by atoms with Crippen LogP contribution in [0, 0.1) is 6.92 Å². The van der Waals surface area contributed by atoms with E-state index in [0.717, 1.165) is 43.1 Å². The molecule has 0 bridgehead atoms. The molecule has 3 rings (SSSR count). The second-order valence-corrected chi connectivity index (χ2v) is 5.12. The summed E-state index contributed by atoms with van der Waals surface area (Å²) in [4.78, 5) is 4.54. The average molecular weight is 247 g/mol. The van der Waals surface area contributed by atoms with E-state index in [1.807, 2.05) is 13.0 Å². The van der Waals surface area contributed by atoms with Gasteiger partial charge in [0, 0.05) is 5.41 Å². The number of furan rings is 1. The minimum absolute atomic E-state index is 0.00581. The van der Waals surface area contributed by atoms with Crippen molar-refractivity contribution in [3.63, 3.8) is 0 Å². The molecule has 1 saturated heterocycles. The minimum atomic E-state index is -0.00581. The Kier molecular flexibility index (Phi) is 2.70. The molecule has 0 amide bonds. The largest absolute Gasteiger partial charge is 0.469 e. The van der Waals surface area contributed by atoms with Crippen LogP contribution >= 0.6 is 0 Å². The quantitative estimate of drug-likeness (QED) is 0.882. The maximum atomic E-state index is 5.46. The Morgan fingerprint density at radius 1 is 1.33 bits per heavy atom. The van der Waals surface area contributed by atoms with Gasteiger partial charge in [0.15, 0.2) is 0 Å². The van der Waals surface area contributed by atoms with Crippen molar-refractivity contribution in [1.82, 2.24) is 15.5 Å². The summed E-state index contributed by atoms with van der Waals surface area (Å²) in [6.07, 6.45) is 3.70. The van der Waals surface area contributed by atoms with Gasteiger partial charge in [-0.25, -0.2) is 0 Å². The second-order valence-electron chi connectivity index (χ2n) is 5.12. The maximum absolute atomic E-state index is 5.46. The summed E-state index contributed by atoms with van der Waals surface area (Å²) < 4.78 is 10.7. The van der Waals surface area contributed by atoms with Crippen LogP contribution in [0.5, 0.6) is 0 Å². The SMILES string of the molecule is Cc1occc1-c1noc(C2(C)CCNCC2)n1. The van der Waals surface area contributed by atoms with Crippen LogP contribution in [0.15, 0.2) is 21.3 Å². The number of rotatable bonds is 2. The molecular weight excluding hydrogens is 230 g/mol. The van der Waals surface area contributed by atoms with Crippen molar-refractivity contribution < 1.29 is 8.94 Å². The molecule has 96 valence electrons. The van der Waals surface area contributed by atoms with E-state index in [1.54, 1.807) is 6.26 Å². The summed E-state index contributed by atoms with van der Waals surface area (Å²) >= 11 is 0. The first-order valence-electron chi connectivity index (χ1n) is 6.28. The summed E-state index contributed by atoms with van der Waals surface area (Å²) in [7, 11) is 0. The Bertz CT molecular complexity index is 538. The van der Waals surface area contributed by atoms with Gasteiger partial charge >= 0.3 is 0 Å². The fourth-order valence-corrected chi connectivity index (χ4v) is 2.39. The number of nitrogens with zero attached hydrogens (tertiary/aromatic N) is 2. The molecule has 0 spiro atoms. The molecule has 1 aliphatic rings. The highest BCUT2D eigenvalue weighted by atomic mass is 16.5. The van der Waals surface area contributed by atoms with E-state index >= 15 is 0 Å². The minimum Gasteiger partial charge on any atom is -0.469 e. The van der Waals surface area contributed by atoms with E-state index in [0.29, 0.717) is 5.82 Å². The first kappa shape index (κ1) is 11.5. The van der Waals surface area contributed by atoms with Gasteiger partial charge in [-0.3, -0.25) is 0 Å². The van der Waals surface area contributed by atoms with Crippen LogP contribution in [0.2, 0.25) is 0 Å². The number of hydrogen-bond acceptors (Lipinski definition) is 5. The Morgan fingerprint density at radius 2 is 2.11 bits per heavy atom. The lowest BCUT2D eigenvalue weighted by atomic mass is 9.81. The topological polar surface area (TPSA) is 64.1 Å². The highest BCUT2D eigenvalue weighted by molar-refractivity contribution is 5.56. The Balaban J connectivity index is 1.92. The Labute approximate surface area is 106 Å². The normalized spacial score (nSPS) is 19.0. The van der Waals surface area contributed by atoms with Crippen LogP contribution in [-0.2, 0) is 5.41 Å². The summed E-state index contributed by atoms with van der Waals surface area (Å²) in [5, 5.41) is 7.42. The third-order valence-electron chi connectivity index (χ3n) is 3.75. The molecule has 1 aliphatic heterocycles. The molecule has 3 heterocycles. The summed E-state index contributed by atoms with van der Waals surface area (Å²) in [5.74, 6) is 2.17. The van der Waals surface area contributed by atoms with Gasteiger partial charge in [0.25, 0.3) is 0 Å². The van der Waals surface area contributed by atoms with Crippen LogP contribution < -0.4 is 5.32 Å². The Hall–Kier alpha value is -1.62. The molecule has 5 heteroatoms. The van der Waals surface area contributed by atoms with Crippen molar-refractivity contribution in [1.29, 1.82) is 0 Å². The highest BCUT2D eigenvalue weighted by Crippen LogP contribution is 2.33. The number of aryl methyl sites for hydroxylation is 1. The molecule has 2 aromatic rings. The molecule has 0 aromatic carbocycles. The summed E-state index contributed by atoms with van der Waals surface area (Å²) in [6, 6.07) is 1.87. The molecule has 0 unspecified atom stereocenters. The van der Waals surface area contributed by atoms with Crippen molar-refractivity contribution in [2.75, 3.05) is 13.1 Å². The first-order valence-corrected chi connectivity index (χ1v) is 6.28. The molecule has 0 atom stereocenters. The zero-order valence-corrected chi connectivity index (χ0v) is 10.7. The van der Waals surface area contributed by atoms with Crippen LogP contribution in [0.25, 0.3) is 11.4 Å². The molecule has 1 N–H and O–H groups in total. The number of piperidine rings is 1. The zero-order chi connectivity index (χ0) is 12.6. The van der Waals surface area contributed by atoms with Crippen molar-refractivity contribution >= 4 is 0 Å². The smallest absolute Gasteiger partial charge is 0.232 e. The fourth-order valence-electron chi connectivity index (χ4n) is 2.39. The van der Waals surface area contributed by atoms with E-state index in [4.69, 9.17) is 8.94 Å². The lowest BCUT2D eigenvalue weighted by molar-refractivity contribution is 0.241. The molecular formula is C13H17N3O2.